The standard InChI is InChI=1S/C6H3F3N.BrH.Mg/c7-6(8,9)5-2-1-3-10-4-5;;/h2-4H;1H;/q-1;;+2/p-1. The Labute approximate surface area is 94.3 Å². The minimum absolute atomic E-state index is 0. The molecule has 0 aliphatic heterocycles. The molecular formula is C6H3BrF3MgN. The van der Waals surface area contributed by atoms with E-state index in [1.165, 1.54) is 6.20 Å². The van der Waals surface area contributed by atoms with Crippen molar-refractivity contribution >= 4 is 23.1 Å². The van der Waals surface area contributed by atoms with Crippen molar-refractivity contribution in [2.45, 2.75) is 6.18 Å². The van der Waals surface area contributed by atoms with Crippen molar-refractivity contribution in [2.75, 3.05) is 0 Å². The predicted molar refractivity (Wildman–Crippen MR) is 33.8 cm³/mol. The maximum absolute atomic E-state index is 11.7. The molecule has 0 spiro atoms. The number of hydrogen-bond acceptors (Lipinski definition) is 1. The Kier molecular flexibility index (Phi) is 7.06. The van der Waals surface area contributed by atoms with Crippen molar-refractivity contribution in [1.29, 1.82) is 0 Å². The summed E-state index contributed by atoms with van der Waals surface area (Å²) in [5.41, 5.74) is -0.769. The molecule has 6 heteroatoms. The normalized spacial score (nSPS) is 9.58. The average molecular weight is 250 g/mol. The van der Waals surface area contributed by atoms with Crippen molar-refractivity contribution in [1.82, 2.24) is 4.98 Å². The summed E-state index contributed by atoms with van der Waals surface area (Å²) < 4.78 is 35.2. The van der Waals surface area contributed by atoms with Gasteiger partial charge >= 0.3 is 29.2 Å². The molecule has 1 aromatic rings. The van der Waals surface area contributed by atoms with Crippen molar-refractivity contribution in [3.63, 3.8) is 0 Å². The molecule has 1 heterocycles. The number of aromatic nitrogens is 1. The second kappa shape index (κ2) is 5.77. The third-order valence-electron chi connectivity index (χ3n) is 0.929. The number of halogens is 4. The van der Waals surface area contributed by atoms with Crippen LogP contribution in [0, 0.1) is 6.07 Å². The van der Waals surface area contributed by atoms with E-state index in [0.29, 0.717) is 0 Å². The Balaban J connectivity index is 0. The van der Waals surface area contributed by atoms with E-state index in [1.54, 1.807) is 0 Å². The second-order valence-electron chi connectivity index (χ2n) is 1.67. The molecule has 0 radical (unpaired) electrons. The van der Waals surface area contributed by atoms with Crippen LogP contribution in [0.5, 0.6) is 0 Å². The number of nitrogens with zero attached hydrogens (tertiary/aromatic N) is 1. The van der Waals surface area contributed by atoms with Gasteiger partial charge in [0.05, 0.1) is 0 Å². The van der Waals surface area contributed by atoms with Gasteiger partial charge in [0.2, 0.25) is 0 Å². The molecule has 0 saturated heterocycles. The SMILES string of the molecule is FC(F)(F)c1c[c-]cnc1.[Br-].[Mg+2]. The van der Waals surface area contributed by atoms with E-state index in [2.05, 4.69) is 11.1 Å². The van der Waals surface area contributed by atoms with Crippen LogP contribution >= 0.6 is 0 Å². The van der Waals surface area contributed by atoms with Crippen molar-refractivity contribution in [3.8, 4) is 0 Å². The fraction of sp³-hybridized carbons (Fsp3) is 0.167. The summed E-state index contributed by atoms with van der Waals surface area (Å²) in [6, 6.07) is 3.09. The number of rotatable bonds is 0. The third kappa shape index (κ3) is 4.27. The number of hydrogen-bond donors (Lipinski definition) is 0. The van der Waals surface area contributed by atoms with Crippen LogP contribution in [-0.2, 0) is 6.18 Å². The summed E-state index contributed by atoms with van der Waals surface area (Å²) in [5.74, 6) is 0. The van der Waals surface area contributed by atoms with Crippen LogP contribution < -0.4 is 17.0 Å². The summed E-state index contributed by atoms with van der Waals surface area (Å²) >= 11 is 0. The summed E-state index contributed by atoms with van der Waals surface area (Å²) in [6.45, 7) is 0. The molecule has 0 aliphatic carbocycles. The van der Waals surface area contributed by atoms with Gasteiger partial charge in [-0.15, -0.1) is 0 Å². The first-order valence-corrected chi connectivity index (χ1v) is 2.49. The molecule has 1 nitrogen and oxygen atoms in total. The summed E-state index contributed by atoms with van der Waals surface area (Å²) in [5, 5.41) is 0. The van der Waals surface area contributed by atoms with E-state index in [9.17, 15) is 13.2 Å². The molecular weight excluding hydrogens is 247 g/mol. The molecule has 0 saturated carbocycles. The average Bonchev–Trinajstić information content (AvgIpc) is 1.88. The van der Waals surface area contributed by atoms with Crippen LogP contribution in [0.15, 0.2) is 18.5 Å². The van der Waals surface area contributed by atoms with E-state index in [-0.39, 0.29) is 40.0 Å². The smallest absolute Gasteiger partial charge is 1.00 e. The summed E-state index contributed by atoms with van der Waals surface area (Å²) in [6.07, 6.45) is -2.36. The predicted octanol–water partition coefficient (Wildman–Crippen LogP) is -1.48. The molecule has 0 bridgehead atoms. The minimum Gasteiger partial charge on any atom is -1.00 e. The van der Waals surface area contributed by atoms with E-state index < -0.39 is 11.7 Å². The van der Waals surface area contributed by atoms with Crippen molar-refractivity contribution in [2.24, 2.45) is 0 Å². The summed E-state index contributed by atoms with van der Waals surface area (Å²) in [4.78, 5) is 3.28. The largest absolute Gasteiger partial charge is 2.00 e. The Morgan fingerprint density at radius 1 is 1.33 bits per heavy atom. The van der Waals surface area contributed by atoms with Gasteiger partial charge in [0.15, 0.2) is 0 Å². The zero-order chi connectivity index (χ0) is 7.61. The van der Waals surface area contributed by atoms with Crippen LogP contribution in [0.4, 0.5) is 13.2 Å². The van der Waals surface area contributed by atoms with Gasteiger partial charge in [0.25, 0.3) is 0 Å². The Morgan fingerprint density at radius 3 is 2.17 bits per heavy atom. The van der Waals surface area contributed by atoms with E-state index >= 15 is 0 Å². The maximum atomic E-state index is 11.7. The van der Waals surface area contributed by atoms with Crippen LogP contribution in [0.1, 0.15) is 5.56 Å². The van der Waals surface area contributed by atoms with Gasteiger partial charge < -0.3 is 22.0 Å². The first-order valence-electron chi connectivity index (χ1n) is 2.49. The summed E-state index contributed by atoms with van der Waals surface area (Å²) in [7, 11) is 0. The van der Waals surface area contributed by atoms with Gasteiger partial charge in [-0.3, -0.25) is 0 Å². The van der Waals surface area contributed by atoms with Gasteiger partial charge in [0, 0.05) is 0 Å². The third-order valence-corrected chi connectivity index (χ3v) is 0.929. The molecule has 0 N–H and O–H groups in total. The molecule has 12 heavy (non-hydrogen) atoms. The first kappa shape index (κ1) is 14.7. The minimum atomic E-state index is -4.30. The van der Waals surface area contributed by atoms with Crippen molar-refractivity contribution < 1.29 is 30.2 Å². The quantitative estimate of drug-likeness (QED) is 0.404. The maximum Gasteiger partial charge on any atom is 2.00 e. The Hall–Kier alpha value is 0.186. The van der Waals surface area contributed by atoms with Gasteiger partial charge in [-0.2, -0.15) is 13.2 Å². The van der Waals surface area contributed by atoms with Crippen LogP contribution in [0.3, 0.4) is 0 Å². The first-order chi connectivity index (χ1) is 4.61. The molecule has 1 aromatic heterocycles. The fourth-order valence-corrected chi connectivity index (χ4v) is 0.480. The molecule has 1 rings (SSSR count). The van der Waals surface area contributed by atoms with E-state index in [1.807, 2.05) is 0 Å². The molecule has 0 unspecified atom stereocenters. The second-order valence-corrected chi connectivity index (χ2v) is 1.67. The van der Waals surface area contributed by atoms with E-state index in [4.69, 9.17) is 0 Å². The Bertz CT molecular complexity index is 214. The molecule has 0 atom stereocenters. The fourth-order valence-electron chi connectivity index (χ4n) is 0.480. The van der Waals surface area contributed by atoms with Gasteiger partial charge in [-0.05, 0) is 6.20 Å². The van der Waals surface area contributed by atoms with Gasteiger partial charge in [0.1, 0.15) is 0 Å². The van der Waals surface area contributed by atoms with Crippen LogP contribution in [0.25, 0.3) is 0 Å². The monoisotopic (exact) mass is 249 g/mol. The zero-order valence-corrected chi connectivity index (χ0v) is 8.90. The molecule has 0 aliphatic rings. The number of pyridine rings is 1. The van der Waals surface area contributed by atoms with E-state index in [0.717, 1.165) is 12.3 Å². The topological polar surface area (TPSA) is 12.9 Å². The van der Waals surface area contributed by atoms with Crippen molar-refractivity contribution in [3.05, 3.63) is 30.1 Å². The zero-order valence-electron chi connectivity index (χ0n) is 5.90. The van der Waals surface area contributed by atoms with Crippen LogP contribution in [0.2, 0.25) is 0 Å². The molecule has 0 amide bonds. The van der Waals surface area contributed by atoms with Gasteiger partial charge in [-0.1, -0.05) is 11.8 Å². The molecule has 0 fully saturated rings. The molecule has 62 valence electrons. The van der Waals surface area contributed by atoms with Gasteiger partial charge in [-0.25, -0.2) is 12.1 Å². The Morgan fingerprint density at radius 2 is 1.92 bits per heavy atom. The molecule has 0 aromatic carbocycles. The number of alkyl halides is 3. The van der Waals surface area contributed by atoms with Crippen LogP contribution in [-0.4, -0.2) is 28.0 Å².